The molecule has 0 aliphatic heterocycles. The molecule has 0 aliphatic carbocycles. The minimum Gasteiger partial charge on any atom is -0.330 e. The van der Waals surface area contributed by atoms with E-state index in [0.29, 0.717) is 0 Å². The minimum atomic E-state index is -1.80. The molecular formula is C10H12F4N2. The van der Waals surface area contributed by atoms with Crippen molar-refractivity contribution >= 4 is 0 Å². The van der Waals surface area contributed by atoms with Crippen molar-refractivity contribution in [2.75, 3.05) is 13.1 Å². The summed E-state index contributed by atoms with van der Waals surface area (Å²) >= 11 is 0. The van der Waals surface area contributed by atoms with E-state index in [9.17, 15) is 17.6 Å². The molecule has 1 rings (SSSR count). The highest BCUT2D eigenvalue weighted by Crippen LogP contribution is 2.24. The van der Waals surface area contributed by atoms with E-state index in [1.54, 1.807) is 0 Å². The van der Waals surface area contributed by atoms with Gasteiger partial charge in [-0.2, -0.15) is 0 Å². The zero-order chi connectivity index (χ0) is 12.3. The van der Waals surface area contributed by atoms with Gasteiger partial charge in [-0.05, 0) is 37.1 Å². The van der Waals surface area contributed by atoms with Gasteiger partial charge in [0, 0.05) is 0 Å². The average Bonchev–Trinajstić information content (AvgIpc) is 2.28. The molecule has 0 heterocycles. The van der Waals surface area contributed by atoms with Crippen LogP contribution in [0.2, 0.25) is 0 Å². The van der Waals surface area contributed by atoms with Crippen molar-refractivity contribution in [2.45, 2.75) is 12.8 Å². The second kappa shape index (κ2) is 5.27. The summed E-state index contributed by atoms with van der Waals surface area (Å²) in [6.45, 7) is 0.0258. The lowest BCUT2D eigenvalue weighted by atomic mass is 9.99. The fraction of sp³-hybridized carbons (Fsp3) is 0.400. The first-order valence-electron chi connectivity index (χ1n) is 4.78. The third kappa shape index (κ3) is 2.17. The summed E-state index contributed by atoms with van der Waals surface area (Å²) < 4.78 is 52.5. The SMILES string of the molecule is NCCc1c(F)c(F)c(F)c(F)c1CCN. The zero-order valence-electron chi connectivity index (χ0n) is 8.49. The van der Waals surface area contributed by atoms with E-state index in [-0.39, 0.29) is 37.1 Å². The van der Waals surface area contributed by atoms with E-state index in [0.717, 1.165) is 0 Å². The van der Waals surface area contributed by atoms with Crippen molar-refractivity contribution in [2.24, 2.45) is 11.5 Å². The standard InChI is InChI=1S/C10H12F4N2/c11-7-5(1-3-15)6(2-4-16)8(12)10(14)9(7)13/h1-4,15-16H2. The van der Waals surface area contributed by atoms with Crippen LogP contribution in [-0.2, 0) is 12.8 Å². The number of hydrogen-bond donors (Lipinski definition) is 2. The first-order chi connectivity index (χ1) is 7.54. The molecule has 0 atom stereocenters. The summed E-state index contributed by atoms with van der Waals surface area (Å²) in [5, 5.41) is 0. The maximum atomic E-state index is 13.3. The van der Waals surface area contributed by atoms with Crippen molar-refractivity contribution < 1.29 is 17.6 Å². The maximum Gasteiger partial charge on any atom is 0.197 e. The largest absolute Gasteiger partial charge is 0.330 e. The highest BCUT2D eigenvalue weighted by molar-refractivity contribution is 5.33. The summed E-state index contributed by atoms with van der Waals surface area (Å²) in [5.41, 5.74) is 9.93. The Balaban J connectivity index is 3.42. The molecular weight excluding hydrogens is 224 g/mol. The zero-order valence-corrected chi connectivity index (χ0v) is 8.49. The molecule has 16 heavy (non-hydrogen) atoms. The number of hydrogen-bond acceptors (Lipinski definition) is 2. The average molecular weight is 236 g/mol. The van der Waals surface area contributed by atoms with Crippen LogP contribution < -0.4 is 11.5 Å². The lowest BCUT2D eigenvalue weighted by Crippen LogP contribution is -2.16. The minimum absolute atomic E-state index is 0.0129. The molecule has 90 valence electrons. The van der Waals surface area contributed by atoms with E-state index >= 15 is 0 Å². The molecule has 4 N–H and O–H groups in total. The summed E-state index contributed by atoms with van der Waals surface area (Å²) in [5.74, 6) is -6.37. The van der Waals surface area contributed by atoms with E-state index in [1.165, 1.54) is 0 Å². The van der Waals surface area contributed by atoms with Crippen LogP contribution in [0.1, 0.15) is 11.1 Å². The number of halogens is 4. The molecule has 0 radical (unpaired) electrons. The van der Waals surface area contributed by atoms with E-state index in [2.05, 4.69) is 0 Å². The van der Waals surface area contributed by atoms with Crippen LogP contribution in [0, 0.1) is 23.3 Å². The molecule has 1 aromatic carbocycles. The fourth-order valence-electron chi connectivity index (χ4n) is 1.53. The quantitative estimate of drug-likeness (QED) is 0.469. The third-order valence-corrected chi connectivity index (χ3v) is 2.26. The molecule has 6 heteroatoms. The van der Waals surface area contributed by atoms with E-state index < -0.39 is 23.3 Å². The molecule has 0 unspecified atom stereocenters. The predicted octanol–water partition coefficient (Wildman–Crippen LogP) is 1.25. The van der Waals surface area contributed by atoms with Crippen LogP contribution in [0.3, 0.4) is 0 Å². The second-order valence-electron chi connectivity index (χ2n) is 3.29. The van der Waals surface area contributed by atoms with Crippen molar-refractivity contribution in [1.29, 1.82) is 0 Å². The Hall–Kier alpha value is -1.14. The lowest BCUT2D eigenvalue weighted by Gasteiger charge is -2.12. The Morgan fingerprint density at radius 1 is 0.625 bits per heavy atom. The first-order valence-corrected chi connectivity index (χ1v) is 4.78. The van der Waals surface area contributed by atoms with Gasteiger partial charge in [-0.25, -0.2) is 17.6 Å². The van der Waals surface area contributed by atoms with Crippen molar-refractivity contribution in [3.05, 3.63) is 34.4 Å². The molecule has 0 saturated heterocycles. The van der Waals surface area contributed by atoms with Gasteiger partial charge in [-0.1, -0.05) is 0 Å². The Kier molecular flexibility index (Phi) is 4.26. The highest BCUT2D eigenvalue weighted by Gasteiger charge is 2.23. The Labute approximate surface area is 90.2 Å². The van der Waals surface area contributed by atoms with Crippen LogP contribution in [0.25, 0.3) is 0 Å². The Bertz CT molecular complexity index is 356. The molecule has 0 aromatic heterocycles. The number of nitrogens with two attached hydrogens (primary N) is 2. The molecule has 0 saturated carbocycles. The van der Waals surface area contributed by atoms with Crippen LogP contribution >= 0.6 is 0 Å². The van der Waals surface area contributed by atoms with Crippen LogP contribution in [-0.4, -0.2) is 13.1 Å². The van der Waals surface area contributed by atoms with Crippen molar-refractivity contribution in [1.82, 2.24) is 0 Å². The summed E-state index contributed by atoms with van der Waals surface area (Å²) in [7, 11) is 0. The van der Waals surface area contributed by atoms with Crippen LogP contribution in [0.5, 0.6) is 0 Å². The summed E-state index contributed by atoms with van der Waals surface area (Å²) in [4.78, 5) is 0. The van der Waals surface area contributed by atoms with E-state index in [4.69, 9.17) is 11.5 Å². The molecule has 0 spiro atoms. The molecule has 0 bridgehead atoms. The van der Waals surface area contributed by atoms with Crippen LogP contribution in [0.4, 0.5) is 17.6 Å². The van der Waals surface area contributed by atoms with Gasteiger partial charge in [0.15, 0.2) is 23.3 Å². The Morgan fingerprint density at radius 3 is 1.19 bits per heavy atom. The molecule has 0 amide bonds. The predicted molar refractivity (Wildman–Crippen MR) is 51.8 cm³/mol. The van der Waals surface area contributed by atoms with Gasteiger partial charge in [-0.3, -0.25) is 0 Å². The summed E-state index contributed by atoms with van der Waals surface area (Å²) in [6.07, 6.45) is -0.120. The van der Waals surface area contributed by atoms with Gasteiger partial charge in [0.2, 0.25) is 0 Å². The van der Waals surface area contributed by atoms with Gasteiger partial charge in [-0.15, -0.1) is 0 Å². The lowest BCUT2D eigenvalue weighted by molar-refractivity contribution is 0.398. The molecule has 1 aromatic rings. The first kappa shape index (κ1) is 12.9. The van der Waals surface area contributed by atoms with Crippen molar-refractivity contribution in [3.63, 3.8) is 0 Å². The fourth-order valence-corrected chi connectivity index (χ4v) is 1.53. The number of benzene rings is 1. The Morgan fingerprint density at radius 2 is 0.938 bits per heavy atom. The normalized spacial score (nSPS) is 10.9. The topological polar surface area (TPSA) is 52.0 Å². The highest BCUT2D eigenvalue weighted by atomic mass is 19.2. The third-order valence-electron chi connectivity index (χ3n) is 2.26. The molecule has 0 aliphatic rings. The smallest absolute Gasteiger partial charge is 0.197 e. The van der Waals surface area contributed by atoms with Gasteiger partial charge in [0.05, 0.1) is 0 Å². The number of rotatable bonds is 4. The summed E-state index contributed by atoms with van der Waals surface area (Å²) in [6, 6.07) is 0. The van der Waals surface area contributed by atoms with Gasteiger partial charge >= 0.3 is 0 Å². The maximum absolute atomic E-state index is 13.3. The van der Waals surface area contributed by atoms with Gasteiger partial charge in [0.25, 0.3) is 0 Å². The van der Waals surface area contributed by atoms with Gasteiger partial charge < -0.3 is 11.5 Å². The molecule has 2 nitrogen and oxygen atoms in total. The van der Waals surface area contributed by atoms with Gasteiger partial charge in [0.1, 0.15) is 0 Å². The van der Waals surface area contributed by atoms with Crippen molar-refractivity contribution in [3.8, 4) is 0 Å². The molecule has 0 fully saturated rings. The second-order valence-corrected chi connectivity index (χ2v) is 3.29. The monoisotopic (exact) mass is 236 g/mol. The van der Waals surface area contributed by atoms with E-state index in [1.807, 2.05) is 0 Å². The van der Waals surface area contributed by atoms with Crippen LogP contribution in [0.15, 0.2) is 0 Å².